The summed E-state index contributed by atoms with van der Waals surface area (Å²) in [6.45, 7) is 1.45. The molecular weight excluding hydrogens is 855 g/mol. The molecule has 0 saturated carbocycles. The predicted octanol–water partition coefficient (Wildman–Crippen LogP) is 2.37. The number of hydrogen-bond donors (Lipinski definition) is 7. The highest BCUT2D eigenvalue weighted by atomic mass is 16.5. The third kappa shape index (κ3) is 14.7. The van der Waals surface area contributed by atoms with Crippen LogP contribution in [0.5, 0.6) is 0 Å². The Morgan fingerprint density at radius 3 is 2.18 bits per heavy atom. The summed E-state index contributed by atoms with van der Waals surface area (Å²) in [7, 11) is 0. The number of hydrogen-bond acceptors (Lipinski definition) is 9. The summed E-state index contributed by atoms with van der Waals surface area (Å²) in [5, 5.41) is 23.5. The summed E-state index contributed by atoms with van der Waals surface area (Å²) in [6.07, 6.45) is 3.43. The average Bonchev–Trinajstić information content (AvgIpc) is 3.32. The fraction of sp³-hybridized carbons (Fsp3) is 0.353. The van der Waals surface area contributed by atoms with Gasteiger partial charge in [-0.3, -0.25) is 33.6 Å². The molecule has 2 heterocycles. The lowest BCUT2D eigenvalue weighted by Crippen LogP contribution is -2.58. The Morgan fingerprint density at radius 2 is 1.48 bits per heavy atom. The first kappa shape index (κ1) is 49.3. The van der Waals surface area contributed by atoms with E-state index < -0.39 is 58.9 Å². The van der Waals surface area contributed by atoms with Crippen molar-refractivity contribution in [3.05, 3.63) is 143 Å². The first-order valence-corrected chi connectivity index (χ1v) is 22.6. The number of nitrogens with two attached hydrogens (primary N) is 1. The fourth-order valence-electron chi connectivity index (χ4n) is 8.40. The van der Waals surface area contributed by atoms with Crippen molar-refractivity contribution in [2.45, 2.75) is 63.6 Å². The molecule has 67 heavy (non-hydrogen) atoms. The number of carboxylic acids is 1. The zero-order valence-corrected chi connectivity index (χ0v) is 37.5. The van der Waals surface area contributed by atoms with Crippen molar-refractivity contribution in [2.75, 3.05) is 45.9 Å². The number of fused-ring (bicyclic) bond motifs is 3. The van der Waals surface area contributed by atoms with E-state index in [1.165, 1.54) is 0 Å². The Bertz CT molecular complexity index is 2390. The molecule has 0 aromatic heterocycles. The molecule has 0 unspecified atom stereocenters. The number of nitrogens with one attached hydrogen (secondary N) is 5. The van der Waals surface area contributed by atoms with E-state index in [1.807, 2.05) is 66.7 Å². The highest BCUT2D eigenvalue weighted by Crippen LogP contribution is 2.35. The molecule has 1 saturated heterocycles. The number of carboxylic acid groups (broad SMARTS) is 1. The standard InChI is InChI=1S/C51H59N7O9/c52-23-27-67-28-25-54-48(64)42-21-24-53-44(59)19-20-46(61)58-26-6-22-51(34-58,32-37-7-2-1-3-8-37)50(66)57-43(49(65)55-33-41-10-5-4-9-40(41)31-45(60)56-42)29-35-11-15-38(16-12-35)39-17-13-36(14-18-39)30-47(62)63/h1-5,7-20,42-43H,6,21-34,52H2,(H,53,59)(H,54,64)(H,55,65)(H,56,60)(H,57,66)(H,62,63)/b20-19+/t42-,43-,51-/m0/s1. The Hall–Kier alpha value is -7.17. The summed E-state index contributed by atoms with van der Waals surface area (Å²) in [5.74, 6) is -3.76. The monoisotopic (exact) mass is 913 g/mol. The van der Waals surface area contributed by atoms with E-state index >= 15 is 0 Å². The summed E-state index contributed by atoms with van der Waals surface area (Å²) in [6, 6.07) is 29.3. The Balaban J connectivity index is 1.30. The van der Waals surface area contributed by atoms with Gasteiger partial charge in [-0.2, -0.15) is 0 Å². The molecule has 16 heteroatoms. The molecule has 6 amide bonds. The number of rotatable bonds is 13. The Kier molecular flexibility index (Phi) is 17.9. The van der Waals surface area contributed by atoms with E-state index in [1.54, 1.807) is 41.3 Å². The van der Waals surface area contributed by atoms with Gasteiger partial charge in [0.15, 0.2) is 0 Å². The van der Waals surface area contributed by atoms with E-state index in [-0.39, 0.29) is 64.9 Å². The van der Waals surface area contributed by atoms with Gasteiger partial charge in [-0.05, 0) is 64.6 Å². The lowest BCUT2D eigenvalue weighted by atomic mass is 9.74. The molecular formula is C51H59N7O9. The molecule has 0 radical (unpaired) electrons. The van der Waals surface area contributed by atoms with Gasteiger partial charge >= 0.3 is 5.97 Å². The number of carbonyl (C=O) groups is 7. The molecule has 1 fully saturated rings. The zero-order chi connectivity index (χ0) is 47.6. The maximum Gasteiger partial charge on any atom is 0.307 e. The van der Waals surface area contributed by atoms with Crippen LogP contribution >= 0.6 is 0 Å². The number of benzene rings is 4. The SMILES string of the molecule is NCCOCCNC(=O)[C@@H]1CCNC(=O)/C=C/C(=O)N2CCC[C@](Cc3ccccc3)(C2)C(=O)N[C@@H](Cc2ccc(-c3ccc(CC(=O)O)cc3)cc2)C(=O)NCc2ccccc2CC(=O)N1. The topological polar surface area (TPSA) is 238 Å². The molecule has 2 bridgehead atoms. The molecule has 3 atom stereocenters. The van der Waals surface area contributed by atoms with E-state index in [0.717, 1.165) is 34.4 Å². The molecule has 2 aliphatic rings. The minimum absolute atomic E-state index is 0.00137. The first-order chi connectivity index (χ1) is 32.4. The highest BCUT2D eigenvalue weighted by Gasteiger charge is 2.44. The first-order valence-electron chi connectivity index (χ1n) is 22.6. The van der Waals surface area contributed by atoms with Crippen molar-refractivity contribution in [2.24, 2.45) is 11.1 Å². The van der Waals surface area contributed by atoms with Gasteiger partial charge in [0.25, 0.3) is 0 Å². The highest BCUT2D eigenvalue weighted by molar-refractivity contribution is 5.97. The average molecular weight is 914 g/mol. The summed E-state index contributed by atoms with van der Waals surface area (Å²) in [4.78, 5) is 95.7. The number of nitrogens with zero attached hydrogens (tertiary/aromatic N) is 1. The minimum Gasteiger partial charge on any atom is -0.481 e. The number of ether oxygens (including phenoxy) is 1. The van der Waals surface area contributed by atoms with Crippen LogP contribution in [-0.4, -0.2) is 109 Å². The largest absolute Gasteiger partial charge is 0.481 e. The minimum atomic E-state index is -1.14. The molecule has 8 N–H and O–H groups in total. The van der Waals surface area contributed by atoms with E-state index in [9.17, 15) is 38.7 Å². The number of aliphatic carboxylic acids is 1. The summed E-state index contributed by atoms with van der Waals surface area (Å²) in [5.41, 5.74) is 9.68. The lowest BCUT2D eigenvalue weighted by Gasteiger charge is -2.42. The molecule has 352 valence electrons. The second kappa shape index (κ2) is 24.4. The van der Waals surface area contributed by atoms with Crippen LogP contribution in [-0.2, 0) is 70.5 Å². The Morgan fingerprint density at radius 1 is 0.791 bits per heavy atom. The van der Waals surface area contributed by atoms with Gasteiger partial charge in [0.1, 0.15) is 12.1 Å². The van der Waals surface area contributed by atoms with E-state index in [4.69, 9.17) is 10.5 Å². The van der Waals surface area contributed by atoms with Gasteiger partial charge in [-0.25, -0.2) is 0 Å². The van der Waals surface area contributed by atoms with Crippen molar-refractivity contribution in [1.82, 2.24) is 31.5 Å². The van der Waals surface area contributed by atoms with Crippen LogP contribution in [0.1, 0.15) is 47.1 Å². The molecule has 6 rings (SSSR count). The second-order valence-corrected chi connectivity index (χ2v) is 16.9. The lowest BCUT2D eigenvalue weighted by molar-refractivity contribution is -0.141. The van der Waals surface area contributed by atoms with Crippen molar-refractivity contribution in [3.63, 3.8) is 0 Å². The number of amides is 6. The molecule has 16 nitrogen and oxygen atoms in total. The molecule has 0 spiro atoms. The van der Waals surface area contributed by atoms with Gasteiger partial charge in [0.2, 0.25) is 35.4 Å². The van der Waals surface area contributed by atoms with Gasteiger partial charge in [-0.15, -0.1) is 0 Å². The quantitative estimate of drug-likeness (QED) is 0.0968. The maximum absolute atomic E-state index is 14.9. The molecule has 2 aliphatic heterocycles. The van der Waals surface area contributed by atoms with Crippen molar-refractivity contribution < 1.29 is 43.4 Å². The van der Waals surface area contributed by atoms with E-state index in [0.29, 0.717) is 49.2 Å². The van der Waals surface area contributed by atoms with Crippen LogP contribution in [0.3, 0.4) is 0 Å². The summed E-state index contributed by atoms with van der Waals surface area (Å²) >= 11 is 0. The van der Waals surface area contributed by atoms with Crippen LogP contribution in [0.2, 0.25) is 0 Å². The van der Waals surface area contributed by atoms with Crippen LogP contribution in [0.4, 0.5) is 0 Å². The second-order valence-electron chi connectivity index (χ2n) is 16.9. The van der Waals surface area contributed by atoms with Crippen LogP contribution in [0, 0.1) is 5.41 Å². The van der Waals surface area contributed by atoms with Crippen molar-refractivity contribution in [1.29, 1.82) is 0 Å². The fourth-order valence-corrected chi connectivity index (χ4v) is 8.40. The summed E-state index contributed by atoms with van der Waals surface area (Å²) < 4.78 is 5.36. The third-order valence-corrected chi connectivity index (χ3v) is 11.9. The van der Waals surface area contributed by atoms with Crippen LogP contribution in [0.25, 0.3) is 11.1 Å². The molecule has 0 aliphatic carbocycles. The normalized spacial score (nSPS) is 20.4. The maximum atomic E-state index is 14.9. The molecule has 4 aromatic carbocycles. The van der Waals surface area contributed by atoms with Gasteiger partial charge < -0.3 is 47.1 Å². The van der Waals surface area contributed by atoms with Gasteiger partial charge in [-0.1, -0.05) is 103 Å². The van der Waals surface area contributed by atoms with Crippen LogP contribution in [0.15, 0.2) is 115 Å². The number of piperidine rings is 1. The van der Waals surface area contributed by atoms with Gasteiger partial charge in [0, 0.05) is 57.8 Å². The van der Waals surface area contributed by atoms with Crippen molar-refractivity contribution >= 4 is 41.4 Å². The van der Waals surface area contributed by atoms with Gasteiger partial charge in [0.05, 0.1) is 31.5 Å². The Labute approximate surface area is 390 Å². The predicted molar refractivity (Wildman–Crippen MR) is 251 cm³/mol. The zero-order valence-electron chi connectivity index (χ0n) is 37.5. The van der Waals surface area contributed by atoms with Crippen molar-refractivity contribution in [3.8, 4) is 11.1 Å². The van der Waals surface area contributed by atoms with Crippen LogP contribution < -0.4 is 32.3 Å². The van der Waals surface area contributed by atoms with E-state index in [2.05, 4.69) is 26.6 Å². The third-order valence-electron chi connectivity index (χ3n) is 11.9. The smallest absolute Gasteiger partial charge is 0.307 e. The molecule has 4 aromatic rings. The number of carbonyl (C=O) groups excluding carboxylic acids is 6.